The summed E-state index contributed by atoms with van der Waals surface area (Å²) in [5, 5.41) is 4.10. The van der Waals surface area contributed by atoms with Gasteiger partial charge in [-0.2, -0.15) is 0 Å². The number of thiazole rings is 1. The zero-order valence-electron chi connectivity index (χ0n) is 15.4. The van der Waals surface area contributed by atoms with Gasteiger partial charge in [-0.25, -0.2) is 4.98 Å². The highest BCUT2D eigenvalue weighted by atomic mass is 32.1. The predicted molar refractivity (Wildman–Crippen MR) is 109 cm³/mol. The Morgan fingerprint density at radius 3 is 3.04 bits per heavy atom. The third-order valence-corrected chi connectivity index (χ3v) is 6.04. The monoisotopic (exact) mass is 381 g/mol. The molecule has 27 heavy (non-hydrogen) atoms. The molecule has 0 bridgehead atoms. The molecule has 1 aliphatic heterocycles. The molecule has 4 rings (SSSR count). The van der Waals surface area contributed by atoms with E-state index >= 15 is 0 Å². The molecule has 2 heterocycles. The van der Waals surface area contributed by atoms with E-state index in [0.717, 1.165) is 47.9 Å². The Kier molecular flexibility index (Phi) is 5.25. The van der Waals surface area contributed by atoms with E-state index in [9.17, 15) is 4.79 Å². The lowest BCUT2D eigenvalue weighted by molar-refractivity contribution is -0.125. The Hall–Kier alpha value is -2.60. The lowest BCUT2D eigenvalue weighted by Gasteiger charge is -2.31. The van der Waals surface area contributed by atoms with Crippen molar-refractivity contribution in [3.8, 4) is 5.75 Å². The van der Waals surface area contributed by atoms with Crippen LogP contribution >= 0.6 is 11.3 Å². The number of nitrogens with one attached hydrogen (secondary N) is 1. The van der Waals surface area contributed by atoms with Crippen molar-refractivity contribution in [3.05, 3.63) is 54.1 Å². The van der Waals surface area contributed by atoms with E-state index in [2.05, 4.69) is 16.3 Å². The first kappa shape index (κ1) is 17.8. The molecule has 6 heteroatoms. The average Bonchev–Trinajstić information content (AvgIpc) is 3.16. The van der Waals surface area contributed by atoms with Gasteiger partial charge >= 0.3 is 0 Å². The molecule has 1 unspecified atom stereocenters. The quantitative estimate of drug-likeness (QED) is 0.730. The number of carbonyl (C=O) groups excluding carboxylic acids is 1. The standard InChI is InChI=1S/C21H23N3O2S/c1-26-17-8-4-6-15(12-17)13-22-20(25)16-7-5-11-24(14-16)21-23-18-9-2-3-10-19(18)27-21/h2-4,6,8-10,12,16H,5,7,11,13-14H2,1H3,(H,22,25). The van der Waals surface area contributed by atoms with Gasteiger partial charge in [0.25, 0.3) is 0 Å². The Morgan fingerprint density at radius 2 is 2.19 bits per heavy atom. The fourth-order valence-corrected chi connectivity index (χ4v) is 4.48. The number of rotatable bonds is 5. The summed E-state index contributed by atoms with van der Waals surface area (Å²) >= 11 is 1.70. The number of anilines is 1. The van der Waals surface area contributed by atoms with Gasteiger partial charge < -0.3 is 15.0 Å². The first-order valence-corrected chi connectivity index (χ1v) is 10.1. The van der Waals surface area contributed by atoms with Gasteiger partial charge in [-0.1, -0.05) is 35.6 Å². The fourth-order valence-electron chi connectivity index (χ4n) is 3.48. The Morgan fingerprint density at radius 1 is 1.30 bits per heavy atom. The third kappa shape index (κ3) is 4.06. The summed E-state index contributed by atoms with van der Waals surface area (Å²) in [5.41, 5.74) is 2.07. The molecular formula is C21H23N3O2S. The predicted octanol–water partition coefficient (Wildman–Crippen LogP) is 3.84. The number of piperidine rings is 1. The summed E-state index contributed by atoms with van der Waals surface area (Å²) in [6, 6.07) is 16.0. The third-order valence-electron chi connectivity index (χ3n) is 4.95. The van der Waals surface area contributed by atoms with Gasteiger partial charge in [-0.15, -0.1) is 0 Å². The van der Waals surface area contributed by atoms with Crippen LogP contribution in [0.15, 0.2) is 48.5 Å². The molecule has 1 amide bonds. The van der Waals surface area contributed by atoms with E-state index in [0.29, 0.717) is 6.54 Å². The van der Waals surface area contributed by atoms with Crippen LogP contribution in [0.5, 0.6) is 5.75 Å². The van der Waals surface area contributed by atoms with Crippen molar-refractivity contribution in [2.45, 2.75) is 19.4 Å². The molecule has 1 fully saturated rings. The summed E-state index contributed by atoms with van der Waals surface area (Å²) in [6.45, 7) is 2.21. The molecular weight excluding hydrogens is 358 g/mol. The van der Waals surface area contributed by atoms with Crippen LogP contribution in [-0.4, -0.2) is 31.1 Å². The van der Waals surface area contributed by atoms with E-state index in [-0.39, 0.29) is 11.8 Å². The summed E-state index contributed by atoms with van der Waals surface area (Å²) in [5.74, 6) is 0.918. The molecule has 1 N–H and O–H groups in total. The summed E-state index contributed by atoms with van der Waals surface area (Å²) < 4.78 is 6.43. The zero-order chi connectivity index (χ0) is 18.6. The number of nitrogens with zero attached hydrogens (tertiary/aromatic N) is 2. The molecule has 1 aromatic heterocycles. The first-order valence-electron chi connectivity index (χ1n) is 9.24. The van der Waals surface area contributed by atoms with Gasteiger partial charge in [-0.3, -0.25) is 4.79 Å². The molecule has 0 radical (unpaired) electrons. The van der Waals surface area contributed by atoms with Crippen molar-refractivity contribution in [2.75, 3.05) is 25.1 Å². The van der Waals surface area contributed by atoms with E-state index in [1.54, 1.807) is 18.4 Å². The zero-order valence-corrected chi connectivity index (χ0v) is 16.2. The summed E-state index contributed by atoms with van der Waals surface area (Å²) in [6.07, 6.45) is 1.93. The minimum atomic E-state index is -0.00336. The fraction of sp³-hybridized carbons (Fsp3) is 0.333. The highest BCUT2D eigenvalue weighted by Gasteiger charge is 2.27. The van der Waals surface area contributed by atoms with Crippen molar-refractivity contribution in [2.24, 2.45) is 5.92 Å². The number of hydrogen-bond donors (Lipinski definition) is 1. The minimum Gasteiger partial charge on any atom is -0.497 e. The number of aromatic nitrogens is 1. The Labute approximate surface area is 163 Å². The van der Waals surface area contributed by atoms with Crippen LogP contribution in [0, 0.1) is 5.92 Å². The maximum absolute atomic E-state index is 12.7. The van der Waals surface area contributed by atoms with Gasteiger partial charge in [0.05, 0.1) is 23.2 Å². The number of fused-ring (bicyclic) bond motifs is 1. The second-order valence-electron chi connectivity index (χ2n) is 6.82. The van der Waals surface area contributed by atoms with Crippen LogP contribution in [0.3, 0.4) is 0 Å². The van der Waals surface area contributed by atoms with E-state index in [1.165, 1.54) is 4.70 Å². The van der Waals surface area contributed by atoms with Crippen molar-refractivity contribution in [1.29, 1.82) is 0 Å². The van der Waals surface area contributed by atoms with Gasteiger partial charge in [0, 0.05) is 19.6 Å². The first-order chi connectivity index (χ1) is 13.2. The molecule has 0 saturated carbocycles. The van der Waals surface area contributed by atoms with Gasteiger partial charge in [0.1, 0.15) is 5.75 Å². The number of para-hydroxylation sites is 1. The highest BCUT2D eigenvalue weighted by Crippen LogP contribution is 2.31. The molecule has 1 aliphatic rings. The molecule has 0 spiro atoms. The maximum atomic E-state index is 12.7. The van der Waals surface area contributed by atoms with Crippen molar-refractivity contribution in [1.82, 2.24) is 10.3 Å². The van der Waals surface area contributed by atoms with Crippen molar-refractivity contribution in [3.63, 3.8) is 0 Å². The maximum Gasteiger partial charge on any atom is 0.225 e. The topological polar surface area (TPSA) is 54.5 Å². The number of amides is 1. The molecule has 1 atom stereocenters. The smallest absolute Gasteiger partial charge is 0.225 e. The number of methoxy groups -OCH3 is 1. The molecule has 3 aromatic rings. The van der Waals surface area contributed by atoms with Crippen LogP contribution in [-0.2, 0) is 11.3 Å². The van der Waals surface area contributed by atoms with Crippen LogP contribution in [0.1, 0.15) is 18.4 Å². The molecule has 1 saturated heterocycles. The average molecular weight is 382 g/mol. The van der Waals surface area contributed by atoms with E-state index < -0.39 is 0 Å². The molecule has 140 valence electrons. The number of hydrogen-bond acceptors (Lipinski definition) is 5. The molecule has 0 aliphatic carbocycles. The lowest BCUT2D eigenvalue weighted by Crippen LogP contribution is -2.42. The Balaban J connectivity index is 1.39. The van der Waals surface area contributed by atoms with E-state index in [4.69, 9.17) is 9.72 Å². The van der Waals surface area contributed by atoms with Crippen LogP contribution in [0.25, 0.3) is 10.2 Å². The molecule has 5 nitrogen and oxygen atoms in total. The summed E-state index contributed by atoms with van der Waals surface area (Å²) in [4.78, 5) is 19.7. The second-order valence-corrected chi connectivity index (χ2v) is 7.83. The van der Waals surface area contributed by atoms with Crippen molar-refractivity contribution < 1.29 is 9.53 Å². The normalized spacial score (nSPS) is 17.1. The van der Waals surface area contributed by atoms with Crippen LogP contribution in [0.2, 0.25) is 0 Å². The van der Waals surface area contributed by atoms with E-state index in [1.807, 2.05) is 42.5 Å². The largest absolute Gasteiger partial charge is 0.497 e. The number of ether oxygens (including phenoxy) is 1. The van der Waals surface area contributed by atoms with Gasteiger partial charge in [0.2, 0.25) is 5.91 Å². The minimum absolute atomic E-state index is 0.00336. The SMILES string of the molecule is COc1cccc(CNC(=O)C2CCCN(c3nc4ccccc4s3)C2)c1. The van der Waals surface area contributed by atoms with Crippen LogP contribution in [0.4, 0.5) is 5.13 Å². The number of benzene rings is 2. The van der Waals surface area contributed by atoms with Gasteiger partial charge in [-0.05, 0) is 42.7 Å². The second kappa shape index (κ2) is 7.96. The van der Waals surface area contributed by atoms with Crippen molar-refractivity contribution >= 4 is 32.6 Å². The van der Waals surface area contributed by atoms with Gasteiger partial charge in [0.15, 0.2) is 5.13 Å². The highest BCUT2D eigenvalue weighted by molar-refractivity contribution is 7.22. The van der Waals surface area contributed by atoms with Crippen LogP contribution < -0.4 is 15.0 Å². The Bertz CT molecular complexity index is 907. The summed E-state index contributed by atoms with van der Waals surface area (Å²) in [7, 11) is 1.65. The molecule has 2 aromatic carbocycles. The lowest BCUT2D eigenvalue weighted by atomic mass is 9.97. The number of carbonyl (C=O) groups is 1.